The van der Waals surface area contributed by atoms with Crippen molar-refractivity contribution in [3.8, 4) is 11.1 Å². The van der Waals surface area contributed by atoms with Crippen LogP contribution in [0.15, 0.2) is 42.7 Å². The predicted octanol–water partition coefficient (Wildman–Crippen LogP) is 3.81. The van der Waals surface area contributed by atoms with Gasteiger partial charge in [-0.3, -0.25) is 4.98 Å². The molecule has 0 aliphatic carbocycles. The van der Waals surface area contributed by atoms with Crippen molar-refractivity contribution in [1.29, 1.82) is 0 Å². The summed E-state index contributed by atoms with van der Waals surface area (Å²) in [6.07, 6.45) is -1.27. The molecule has 0 aliphatic heterocycles. The van der Waals surface area contributed by atoms with E-state index in [-0.39, 0.29) is 5.69 Å². The van der Waals surface area contributed by atoms with E-state index in [0.29, 0.717) is 11.1 Å². The van der Waals surface area contributed by atoms with Gasteiger partial charge in [0, 0.05) is 25.1 Å². The molecule has 0 radical (unpaired) electrons. The number of aromatic nitrogens is 1. The molecule has 2 nitrogen and oxygen atoms in total. The third kappa shape index (κ3) is 2.45. The quantitative estimate of drug-likeness (QED) is 0.879. The maximum absolute atomic E-state index is 12.9. The van der Waals surface area contributed by atoms with Gasteiger partial charge in [-0.2, -0.15) is 13.2 Å². The summed E-state index contributed by atoms with van der Waals surface area (Å²) >= 11 is 0. The minimum absolute atomic E-state index is 0.0697. The second kappa shape index (κ2) is 4.68. The van der Waals surface area contributed by atoms with Crippen molar-refractivity contribution in [3.63, 3.8) is 0 Å². The standard InChI is InChI=1S/C13H11F3N2/c1-17-12-3-2-10(8-11(12)13(14,15)16)9-4-6-18-7-5-9/h2-8,17H,1H3. The molecule has 0 saturated carbocycles. The van der Waals surface area contributed by atoms with E-state index < -0.39 is 11.7 Å². The lowest BCUT2D eigenvalue weighted by Gasteiger charge is -2.14. The maximum Gasteiger partial charge on any atom is 0.418 e. The lowest BCUT2D eigenvalue weighted by molar-refractivity contribution is -0.136. The molecule has 0 unspecified atom stereocenters. The fourth-order valence-corrected chi connectivity index (χ4v) is 1.72. The van der Waals surface area contributed by atoms with Crippen LogP contribution >= 0.6 is 0 Å². The summed E-state index contributed by atoms with van der Waals surface area (Å²) < 4.78 is 38.6. The van der Waals surface area contributed by atoms with Crippen molar-refractivity contribution >= 4 is 5.69 Å². The highest BCUT2D eigenvalue weighted by atomic mass is 19.4. The zero-order valence-corrected chi connectivity index (χ0v) is 9.62. The normalized spacial score (nSPS) is 11.3. The van der Waals surface area contributed by atoms with Gasteiger partial charge >= 0.3 is 6.18 Å². The Kier molecular flexibility index (Phi) is 3.23. The van der Waals surface area contributed by atoms with Crippen LogP contribution in [0, 0.1) is 0 Å². The first-order valence-corrected chi connectivity index (χ1v) is 5.32. The number of halogens is 3. The average molecular weight is 252 g/mol. The van der Waals surface area contributed by atoms with Crippen molar-refractivity contribution in [2.75, 3.05) is 12.4 Å². The summed E-state index contributed by atoms with van der Waals surface area (Å²) in [4.78, 5) is 3.84. The number of hydrogen-bond acceptors (Lipinski definition) is 2. The van der Waals surface area contributed by atoms with Crippen molar-refractivity contribution in [3.05, 3.63) is 48.3 Å². The van der Waals surface area contributed by atoms with Crippen molar-refractivity contribution in [2.45, 2.75) is 6.18 Å². The molecule has 1 heterocycles. The Balaban J connectivity index is 2.53. The summed E-state index contributed by atoms with van der Waals surface area (Å²) in [6, 6.07) is 7.57. The summed E-state index contributed by atoms with van der Waals surface area (Å²) in [5, 5.41) is 2.55. The monoisotopic (exact) mass is 252 g/mol. The molecule has 0 amide bonds. The van der Waals surface area contributed by atoms with E-state index in [1.807, 2.05) is 0 Å². The number of nitrogens with one attached hydrogen (secondary N) is 1. The van der Waals surface area contributed by atoms with Crippen LogP contribution in [0.4, 0.5) is 18.9 Å². The predicted molar refractivity (Wildman–Crippen MR) is 64.2 cm³/mol. The molecule has 2 aromatic rings. The first kappa shape index (κ1) is 12.4. The fourth-order valence-electron chi connectivity index (χ4n) is 1.72. The molecule has 1 aromatic carbocycles. The van der Waals surface area contributed by atoms with Gasteiger partial charge in [-0.05, 0) is 35.4 Å². The Morgan fingerprint density at radius 3 is 2.22 bits per heavy atom. The fraction of sp³-hybridized carbons (Fsp3) is 0.154. The Morgan fingerprint density at radius 1 is 1.00 bits per heavy atom. The van der Waals surface area contributed by atoms with Crippen LogP contribution in [0.5, 0.6) is 0 Å². The molecule has 0 fully saturated rings. The highest BCUT2D eigenvalue weighted by Crippen LogP contribution is 2.37. The molecule has 2 rings (SSSR count). The Bertz CT molecular complexity index is 536. The molecule has 18 heavy (non-hydrogen) atoms. The number of nitrogens with zero attached hydrogens (tertiary/aromatic N) is 1. The maximum atomic E-state index is 12.9. The van der Waals surface area contributed by atoms with Gasteiger partial charge in [-0.25, -0.2) is 0 Å². The smallest absolute Gasteiger partial charge is 0.388 e. The zero-order chi connectivity index (χ0) is 13.2. The molecule has 1 aromatic heterocycles. The van der Waals surface area contributed by atoms with Gasteiger partial charge in [-0.1, -0.05) is 6.07 Å². The summed E-state index contributed by atoms with van der Waals surface area (Å²) in [7, 11) is 1.47. The first-order chi connectivity index (χ1) is 8.52. The topological polar surface area (TPSA) is 24.9 Å². The minimum atomic E-state index is -4.37. The third-order valence-corrected chi connectivity index (χ3v) is 2.61. The Morgan fingerprint density at radius 2 is 1.67 bits per heavy atom. The van der Waals surface area contributed by atoms with Crippen molar-refractivity contribution in [2.24, 2.45) is 0 Å². The van der Waals surface area contributed by atoms with Crippen LogP contribution in [-0.4, -0.2) is 12.0 Å². The second-order valence-electron chi connectivity index (χ2n) is 3.74. The van der Waals surface area contributed by atoms with Gasteiger partial charge in [0.2, 0.25) is 0 Å². The summed E-state index contributed by atoms with van der Waals surface area (Å²) in [6.45, 7) is 0. The van der Waals surface area contributed by atoms with E-state index in [1.165, 1.54) is 13.1 Å². The van der Waals surface area contributed by atoms with E-state index in [0.717, 1.165) is 6.07 Å². The van der Waals surface area contributed by atoms with E-state index >= 15 is 0 Å². The van der Waals surface area contributed by atoms with Gasteiger partial charge < -0.3 is 5.32 Å². The Hall–Kier alpha value is -2.04. The van der Waals surface area contributed by atoms with E-state index in [4.69, 9.17) is 0 Å². The van der Waals surface area contributed by atoms with Crippen molar-refractivity contribution in [1.82, 2.24) is 4.98 Å². The number of hydrogen-bond donors (Lipinski definition) is 1. The van der Waals surface area contributed by atoms with Crippen LogP contribution in [-0.2, 0) is 6.18 Å². The minimum Gasteiger partial charge on any atom is -0.388 e. The molecule has 1 N–H and O–H groups in total. The van der Waals surface area contributed by atoms with Gasteiger partial charge in [0.15, 0.2) is 0 Å². The number of rotatable bonds is 2. The van der Waals surface area contributed by atoms with Crippen LogP contribution in [0.25, 0.3) is 11.1 Å². The van der Waals surface area contributed by atoms with E-state index in [9.17, 15) is 13.2 Å². The molecular formula is C13H11F3N2. The molecule has 0 atom stereocenters. The number of anilines is 1. The lowest BCUT2D eigenvalue weighted by Crippen LogP contribution is -2.09. The number of alkyl halides is 3. The largest absolute Gasteiger partial charge is 0.418 e. The lowest BCUT2D eigenvalue weighted by atomic mass is 10.0. The molecular weight excluding hydrogens is 241 g/mol. The molecule has 0 saturated heterocycles. The van der Waals surface area contributed by atoms with Crippen LogP contribution in [0.1, 0.15) is 5.56 Å². The molecule has 0 bridgehead atoms. The van der Waals surface area contributed by atoms with Gasteiger partial charge in [0.05, 0.1) is 5.56 Å². The van der Waals surface area contributed by atoms with Gasteiger partial charge in [-0.15, -0.1) is 0 Å². The third-order valence-electron chi connectivity index (χ3n) is 2.61. The molecule has 0 aliphatic rings. The number of pyridine rings is 1. The van der Waals surface area contributed by atoms with Crippen LogP contribution in [0.2, 0.25) is 0 Å². The average Bonchev–Trinajstić information content (AvgIpc) is 2.38. The second-order valence-corrected chi connectivity index (χ2v) is 3.74. The highest BCUT2D eigenvalue weighted by molar-refractivity contribution is 5.68. The van der Waals surface area contributed by atoms with Crippen LogP contribution in [0.3, 0.4) is 0 Å². The zero-order valence-electron chi connectivity index (χ0n) is 9.62. The van der Waals surface area contributed by atoms with Gasteiger partial charge in [0.25, 0.3) is 0 Å². The SMILES string of the molecule is CNc1ccc(-c2ccncc2)cc1C(F)(F)F. The summed E-state index contributed by atoms with van der Waals surface area (Å²) in [5.41, 5.74) is 0.626. The molecule has 94 valence electrons. The Labute approximate surface area is 102 Å². The van der Waals surface area contributed by atoms with E-state index in [1.54, 1.807) is 30.6 Å². The molecule has 5 heteroatoms. The number of benzene rings is 1. The highest BCUT2D eigenvalue weighted by Gasteiger charge is 2.33. The van der Waals surface area contributed by atoms with E-state index in [2.05, 4.69) is 10.3 Å². The first-order valence-electron chi connectivity index (χ1n) is 5.32. The summed E-state index contributed by atoms with van der Waals surface area (Å²) in [5.74, 6) is 0. The molecule has 0 spiro atoms. The van der Waals surface area contributed by atoms with Gasteiger partial charge in [0.1, 0.15) is 0 Å². The van der Waals surface area contributed by atoms with Crippen molar-refractivity contribution < 1.29 is 13.2 Å². The van der Waals surface area contributed by atoms with Crippen LogP contribution < -0.4 is 5.32 Å².